The van der Waals surface area contributed by atoms with Gasteiger partial charge in [0.25, 0.3) is 0 Å². The summed E-state index contributed by atoms with van der Waals surface area (Å²) in [5.41, 5.74) is 0. The molecule has 3 nitrogen and oxygen atoms in total. The lowest BCUT2D eigenvalue weighted by Gasteiger charge is -2.17. The van der Waals surface area contributed by atoms with E-state index >= 15 is 0 Å². The van der Waals surface area contributed by atoms with Crippen LogP contribution in [0.3, 0.4) is 0 Å². The SMILES string of the molecule is CCOCC1CNC(C)CC(C)O1. The largest absolute Gasteiger partial charge is 0.379 e. The summed E-state index contributed by atoms with van der Waals surface area (Å²) in [6, 6.07) is 0.557. The van der Waals surface area contributed by atoms with Gasteiger partial charge in [-0.3, -0.25) is 0 Å². The van der Waals surface area contributed by atoms with Gasteiger partial charge < -0.3 is 14.8 Å². The Hall–Kier alpha value is -0.120. The van der Waals surface area contributed by atoms with E-state index < -0.39 is 0 Å². The van der Waals surface area contributed by atoms with Gasteiger partial charge in [0.2, 0.25) is 0 Å². The maximum Gasteiger partial charge on any atom is 0.0936 e. The highest BCUT2D eigenvalue weighted by atomic mass is 16.5. The highest BCUT2D eigenvalue weighted by Crippen LogP contribution is 2.10. The fourth-order valence-corrected chi connectivity index (χ4v) is 1.69. The summed E-state index contributed by atoms with van der Waals surface area (Å²) in [4.78, 5) is 0. The van der Waals surface area contributed by atoms with Gasteiger partial charge in [-0.15, -0.1) is 0 Å². The second kappa shape index (κ2) is 5.58. The van der Waals surface area contributed by atoms with Crippen molar-refractivity contribution in [2.75, 3.05) is 19.8 Å². The topological polar surface area (TPSA) is 30.5 Å². The lowest BCUT2D eigenvalue weighted by molar-refractivity contribution is -0.0395. The summed E-state index contributed by atoms with van der Waals surface area (Å²) in [7, 11) is 0. The van der Waals surface area contributed by atoms with Crippen LogP contribution in [0.2, 0.25) is 0 Å². The highest BCUT2D eigenvalue weighted by Gasteiger charge is 2.20. The van der Waals surface area contributed by atoms with Gasteiger partial charge in [0, 0.05) is 19.2 Å². The third-order valence-electron chi connectivity index (χ3n) is 2.31. The molecule has 3 unspecified atom stereocenters. The molecule has 3 atom stereocenters. The minimum absolute atomic E-state index is 0.222. The number of hydrogen-bond acceptors (Lipinski definition) is 3. The van der Waals surface area contributed by atoms with Crippen LogP contribution in [-0.4, -0.2) is 38.0 Å². The molecule has 1 aliphatic rings. The fraction of sp³-hybridized carbons (Fsp3) is 1.00. The molecule has 0 saturated carbocycles. The van der Waals surface area contributed by atoms with Crippen molar-refractivity contribution in [3.05, 3.63) is 0 Å². The van der Waals surface area contributed by atoms with E-state index in [1.54, 1.807) is 0 Å². The lowest BCUT2D eigenvalue weighted by atomic mass is 10.2. The average Bonchev–Trinajstić information content (AvgIpc) is 2.23. The second-order valence-corrected chi connectivity index (χ2v) is 3.77. The zero-order valence-electron chi connectivity index (χ0n) is 8.88. The van der Waals surface area contributed by atoms with E-state index in [2.05, 4.69) is 19.2 Å². The summed E-state index contributed by atoms with van der Waals surface area (Å²) in [6.45, 7) is 8.72. The van der Waals surface area contributed by atoms with Crippen LogP contribution in [0, 0.1) is 0 Å². The van der Waals surface area contributed by atoms with Crippen LogP contribution in [0.1, 0.15) is 27.2 Å². The van der Waals surface area contributed by atoms with Crippen molar-refractivity contribution in [1.29, 1.82) is 0 Å². The zero-order valence-corrected chi connectivity index (χ0v) is 8.88. The third kappa shape index (κ3) is 4.07. The monoisotopic (exact) mass is 187 g/mol. The van der Waals surface area contributed by atoms with Crippen LogP contribution in [0.5, 0.6) is 0 Å². The Morgan fingerprint density at radius 1 is 1.46 bits per heavy atom. The number of nitrogens with one attached hydrogen (secondary N) is 1. The van der Waals surface area contributed by atoms with Crippen molar-refractivity contribution in [2.45, 2.75) is 45.4 Å². The molecule has 1 fully saturated rings. The van der Waals surface area contributed by atoms with E-state index in [9.17, 15) is 0 Å². The van der Waals surface area contributed by atoms with Gasteiger partial charge in [-0.1, -0.05) is 0 Å². The summed E-state index contributed by atoms with van der Waals surface area (Å²) < 4.78 is 11.1. The van der Waals surface area contributed by atoms with Crippen molar-refractivity contribution in [1.82, 2.24) is 5.32 Å². The summed E-state index contributed by atoms with van der Waals surface area (Å²) in [5, 5.41) is 3.43. The molecule has 0 aliphatic carbocycles. The Morgan fingerprint density at radius 3 is 2.92 bits per heavy atom. The first-order valence-corrected chi connectivity index (χ1v) is 5.19. The van der Waals surface area contributed by atoms with Gasteiger partial charge in [-0.05, 0) is 27.2 Å². The molecule has 13 heavy (non-hydrogen) atoms. The number of ether oxygens (including phenoxy) is 2. The molecule has 0 amide bonds. The van der Waals surface area contributed by atoms with Crippen LogP contribution in [0.15, 0.2) is 0 Å². The Kier molecular flexibility index (Phi) is 4.70. The molecule has 3 heteroatoms. The maximum absolute atomic E-state index is 5.80. The van der Waals surface area contributed by atoms with Crippen molar-refractivity contribution in [2.24, 2.45) is 0 Å². The lowest BCUT2D eigenvalue weighted by Crippen LogP contribution is -2.33. The summed E-state index contributed by atoms with van der Waals surface area (Å²) in [5.74, 6) is 0. The standard InChI is InChI=1S/C10H21NO2/c1-4-12-7-10-6-11-8(2)5-9(3)13-10/h8-11H,4-7H2,1-3H3. The quantitative estimate of drug-likeness (QED) is 0.719. The van der Waals surface area contributed by atoms with Gasteiger partial charge in [0.05, 0.1) is 18.8 Å². The molecule has 0 bridgehead atoms. The Labute approximate surface area is 80.8 Å². The van der Waals surface area contributed by atoms with E-state index in [4.69, 9.17) is 9.47 Å². The minimum Gasteiger partial charge on any atom is -0.379 e. The molecule has 0 aromatic rings. The molecule has 0 aromatic heterocycles. The van der Waals surface area contributed by atoms with Crippen LogP contribution < -0.4 is 5.32 Å². The summed E-state index contributed by atoms with van der Waals surface area (Å²) >= 11 is 0. The smallest absolute Gasteiger partial charge is 0.0936 e. The first kappa shape index (κ1) is 11.0. The molecule has 1 N–H and O–H groups in total. The second-order valence-electron chi connectivity index (χ2n) is 3.77. The predicted molar refractivity (Wildman–Crippen MR) is 52.9 cm³/mol. The highest BCUT2D eigenvalue weighted by molar-refractivity contribution is 4.74. The van der Waals surface area contributed by atoms with Crippen molar-refractivity contribution in [3.63, 3.8) is 0 Å². The van der Waals surface area contributed by atoms with Gasteiger partial charge >= 0.3 is 0 Å². The number of rotatable bonds is 3. The molecule has 1 aliphatic heterocycles. The average molecular weight is 187 g/mol. The molecule has 1 rings (SSSR count). The normalized spacial score (nSPS) is 35.8. The van der Waals surface area contributed by atoms with E-state index in [0.717, 1.165) is 19.6 Å². The van der Waals surface area contributed by atoms with Crippen molar-refractivity contribution >= 4 is 0 Å². The van der Waals surface area contributed by atoms with Crippen LogP contribution >= 0.6 is 0 Å². The molecule has 0 aromatic carbocycles. The molecule has 0 spiro atoms. The van der Waals surface area contributed by atoms with E-state index in [1.807, 2.05) is 6.92 Å². The van der Waals surface area contributed by atoms with Gasteiger partial charge in [0.1, 0.15) is 0 Å². The van der Waals surface area contributed by atoms with Gasteiger partial charge in [-0.25, -0.2) is 0 Å². The van der Waals surface area contributed by atoms with Crippen LogP contribution in [0.25, 0.3) is 0 Å². The third-order valence-corrected chi connectivity index (χ3v) is 2.31. The minimum atomic E-state index is 0.222. The molecular formula is C10H21NO2. The molecule has 0 radical (unpaired) electrons. The molecule has 1 saturated heterocycles. The van der Waals surface area contributed by atoms with Crippen molar-refractivity contribution < 1.29 is 9.47 Å². The fourth-order valence-electron chi connectivity index (χ4n) is 1.69. The predicted octanol–water partition coefficient (Wildman–Crippen LogP) is 1.18. The summed E-state index contributed by atoms with van der Waals surface area (Å²) in [6.07, 6.45) is 1.65. The first-order chi connectivity index (χ1) is 6.22. The van der Waals surface area contributed by atoms with Gasteiger partial charge in [0.15, 0.2) is 0 Å². The van der Waals surface area contributed by atoms with Crippen molar-refractivity contribution in [3.8, 4) is 0 Å². The first-order valence-electron chi connectivity index (χ1n) is 5.19. The maximum atomic E-state index is 5.80. The van der Waals surface area contributed by atoms with Crippen LogP contribution in [0.4, 0.5) is 0 Å². The Bertz CT molecular complexity index is 141. The molecular weight excluding hydrogens is 166 g/mol. The van der Waals surface area contributed by atoms with E-state index in [0.29, 0.717) is 18.8 Å². The van der Waals surface area contributed by atoms with Crippen LogP contribution in [-0.2, 0) is 9.47 Å². The number of hydrogen-bond donors (Lipinski definition) is 1. The Balaban J connectivity index is 2.30. The zero-order chi connectivity index (χ0) is 9.68. The van der Waals surface area contributed by atoms with E-state index in [1.165, 1.54) is 0 Å². The Morgan fingerprint density at radius 2 is 2.23 bits per heavy atom. The molecule has 78 valence electrons. The van der Waals surface area contributed by atoms with E-state index in [-0.39, 0.29) is 6.10 Å². The van der Waals surface area contributed by atoms with Gasteiger partial charge in [-0.2, -0.15) is 0 Å². The molecule has 1 heterocycles.